The van der Waals surface area contributed by atoms with Crippen LogP contribution in [-0.2, 0) is 6.42 Å². The van der Waals surface area contributed by atoms with Crippen molar-refractivity contribution >= 4 is 11.6 Å². The lowest BCUT2D eigenvalue weighted by Gasteiger charge is -2.15. The van der Waals surface area contributed by atoms with Gasteiger partial charge >= 0.3 is 0 Å². The largest absolute Gasteiger partial charge is 0.398 e. The Morgan fingerprint density at radius 3 is 2.57 bits per heavy atom. The predicted octanol–water partition coefficient (Wildman–Crippen LogP) is 3.08. The van der Waals surface area contributed by atoms with E-state index < -0.39 is 5.82 Å². The first-order chi connectivity index (χ1) is 9.97. The number of halogens is 1. The van der Waals surface area contributed by atoms with Gasteiger partial charge in [-0.25, -0.2) is 4.39 Å². The molecule has 0 aliphatic carbocycles. The van der Waals surface area contributed by atoms with Gasteiger partial charge in [-0.1, -0.05) is 30.3 Å². The number of nitrogens with one attached hydrogen (secondary N) is 1. The second kappa shape index (κ2) is 6.39. The lowest BCUT2D eigenvalue weighted by atomic mass is 10.1. The second-order valence-electron chi connectivity index (χ2n) is 5.24. The molecular formula is C17H19FN2O. The highest BCUT2D eigenvalue weighted by Gasteiger charge is 2.13. The molecule has 2 aromatic rings. The summed E-state index contributed by atoms with van der Waals surface area (Å²) in [6.07, 6.45) is 0.719. The van der Waals surface area contributed by atoms with E-state index in [0.29, 0.717) is 5.56 Å². The fraction of sp³-hybridized carbons (Fsp3) is 0.235. The Hall–Kier alpha value is -2.36. The number of anilines is 1. The van der Waals surface area contributed by atoms with Crippen LogP contribution in [0.1, 0.15) is 28.4 Å². The molecule has 0 saturated carbocycles. The summed E-state index contributed by atoms with van der Waals surface area (Å²) in [4.78, 5) is 12.1. The number of hydrogen-bond donors (Lipinski definition) is 2. The summed E-state index contributed by atoms with van der Waals surface area (Å²) in [7, 11) is 0. The third-order valence-corrected chi connectivity index (χ3v) is 3.41. The van der Waals surface area contributed by atoms with E-state index in [9.17, 15) is 9.18 Å². The van der Waals surface area contributed by atoms with Crippen molar-refractivity contribution in [2.75, 3.05) is 5.73 Å². The average Bonchev–Trinajstić information content (AvgIpc) is 2.45. The van der Waals surface area contributed by atoms with Crippen LogP contribution in [0.2, 0.25) is 0 Å². The molecule has 110 valence electrons. The molecule has 3 nitrogen and oxygen atoms in total. The fourth-order valence-electron chi connectivity index (χ4n) is 2.16. The van der Waals surface area contributed by atoms with Crippen LogP contribution >= 0.6 is 0 Å². The average molecular weight is 286 g/mol. The molecule has 0 bridgehead atoms. The number of nitrogens with two attached hydrogens (primary N) is 1. The van der Waals surface area contributed by atoms with E-state index >= 15 is 0 Å². The van der Waals surface area contributed by atoms with Crippen molar-refractivity contribution in [3.8, 4) is 0 Å². The molecule has 0 aliphatic heterocycles. The Morgan fingerprint density at radius 2 is 1.95 bits per heavy atom. The van der Waals surface area contributed by atoms with Gasteiger partial charge < -0.3 is 11.1 Å². The zero-order valence-electron chi connectivity index (χ0n) is 12.2. The maximum Gasteiger partial charge on any atom is 0.251 e. The van der Waals surface area contributed by atoms with Gasteiger partial charge in [0.05, 0.1) is 0 Å². The quantitative estimate of drug-likeness (QED) is 0.849. The third-order valence-electron chi connectivity index (χ3n) is 3.41. The summed E-state index contributed by atoms with van der Waals surface area (Å²) < 4.78 is 13.6. The third kappa shape index (κ3) is 3.81. The van der Waals surface area contributed by atoms with Crippen molar-refractivity contribution in [3.63, 3.8) is 0 Å². The summed E-state index contributed by atoms with van der Waals surface area (Å²) in [5.74, 6) is -0.778. The smallest absolute Gasteiger partial charge is 0.251 e. The van der Waals surface area contributed by atoms with Gasteiger partial charge in [0.25, 0.3) is 5.91 Å². The molecule has 0 heterocycles. The minimum absolute atomic E-state index is 0.0505. The Balaban J connectivity index is 2.04. The minimum atomic E-state index is -0.462. The fourth-order valence-corrected chi connectivity index (χ4v) is 2.16. The van der Waals surface area contributed by atoms with Crippen LogP contribution in [0, 0.1) is 12.7 Å². The van der Waals surface area contributed by atoms with Crippen molar-refractivity contribution in [2.45, 2.75) is 26.3 Å². The highest BCUT2D eigenvalue weighted by molar-refractivity contribution is 5.95. The van der Waals surface area contributed by atoms with Crippen LogP contribution in [0.5, 0.6) is 0 Å². The lowest BCUT2D eigenvalue weighted by molar-refractivity contribution is 0.0939. The molecule has 0 spiro atoms. The van der Waals surface area contributed by atoms with E-state index in [1.807, 2.05) is 37.3 Å². The molecule has 2 rings (SSSR count). The molecule has 3 N–H and O–H groups in total. The predicted molar refractivity (Wildman–Crippen MR) is 82.6 cm³/mol. The van der Waals surface area contributed by atoms with Crippen molar-refractivity contribution in [3.05, 3.63) is 65.0 Å². The topological polar surface area (TPSA) is 55.1 Å². The van der Waals surface area contributed by atoms with Gasteiger partial charge in [0.15, 0.2) is 0 Å². The lowest BCUT2D eigenvalue weighted by Crippen LogP contribution is -2.34. The first-order valence-electron chi connectivity index (χ1n) is 6.87. The Labute approximate surface area is 124 Å². The molecular weight excluding hydrogens is 267 g/mol. The van der Waals surface area contributed by atoms with Gasteiger partial charge in [-0.3, -0.25) is 4.79 Å². The molecule has 0 fully saturated rings. The number of carbonyl (C=O) groups is 1. The van der Waals surface area contributed by atoms with Crippen LogP contribution in [0.15, 0.2) is 42.5 Å². The molecule has 1 amide bonds. The number of amides is 1. The SMILES string of the molecule is Cc1c(N)cc(C(=O)NC(C)Cc2ccccc2)cc1F. The van der Waals surface area contributed by atoms with Crippen molar-refractivity contribution < 1.29 is 9.18 Å². The Kier molecular flexibility index (Phi) is 4.58. The van der Waals surface area contributed by atoms with Crippen LogP contribution in [-0.4, -0.2) is 11.9 Å². The number of hydrogen-bond acceptors (Lipinski definition) is 2. The first-order valence-corrected chi connectivity index (χ1v) is 6.87. The van der Waals surface area contributed by atoms with E-state index in [2.05, 4.69) is 5.32 Å². The molecule has 0 saturated heterocycles. The minimum Gasteiger partial charge on any atom is -0.398 e. The highest BCUT2D eigenvalue weighted by Crippen LogP contribution is 2.17. The standard InChI is InChI=1S/C17H19FN2O/c1-11(8-13-6-4-3-5-7-13)20-17(21)14-9-15(18)12(2)16(19)10-14/h3-7,9-11H,8,19H2,1-2H3,(H,20,21). The molecule has 1 atom stereocenters. The zero-order chi connectivity index (χ0) is 15.4. The van der Waals surface area contributed by atoms with Gasteiger partial charge in [0.2, 0.25) is 0 Å². The molecule has 1 unspecified atom stereocenters. The number of nitrogen functional groups attached to an aromatic ring is 1. The number of carbonyl (C=O) groups excluding carboxylic acids is 1. The van der Waals surface area contributed by atoms with E-state index in [0.717, 1.165) is 12.0 Å². The maximum atomic E-state index is 13.6. The normalized spacial score (nSPS) is 12.0. The summed E-state index contributed by atoms with van der Waals surface area (Å²) in [6.45, 7) is 3.50. The molecule has 21 heavy (non-hydrogen) atoms. The van der Waals surface area contributed by atoms with Gasteiger partial charge in [-0.05, 0) is 38.0 Å². The number of benzene rings is 2. The second-order valence-corrected chi connectivity index (χ2v) is 5.24. The molecule has 0 aliphatic rings. The van der Waals surface area contributed by atoms with Gasteiger partial charge in [-0.2, -0.15) is 0 Å². The van der Waals surface area contributed by atoms with Crippen LogP contribution in [0.25, 0.3) is 0 Å². The summed E-state index contributed by atoms with van der Waals surface area (Å²) in [5, 5.41) is 2.86. The summed E-state index contributed by atoms with van der Waals surface area (Å²) >= 11 is 0. The van der Waals surface area contributed by atoms with E-state index in [4.69, 9.17) is 5.73 Å². The first kappa shape index (κ1) is 15.0. The Bertz CT molecular complexity index is 617. The van der Waals surface area contributed by atoms with Gasteiger partial charge in [-0.15, -0.1) is 0 Å². The molecule has 2 aromatic carbocycles. The van der Waals surface area contributed by atoms with Gasteiger partial charge in [0, 0.05) is 22.9 Å². The highest BCUT2D eigenvalue weighted by atomic mass is 19.1. The van der Waals surface area contributed by atoms with Crippen LogP contribution < -0.4 is 11.1 Å². The molecule has 0 aromatic heterocycles. The monoisotopic (exact) mass is 286 g/mol. The number of rotatable bonds is 4. The van der Waals surface area contributed by atoms with E-state index in [1.165, 1.54) is 12.1 Å². The zero-order valence-corrected chi connectivity index (χ0v) is 12.2. The van der Waals surface area contributed by atoms with Crippen molar-refractivity contribution in [1.29, 1.82) is 0 Å². The summed E-state index contributed by atoms with van der Waals surface area (Å²) in [6, 6.07) is 12.5. The van der Waals surface area contributed by atoms with Crippen LogP contribution in [0.3, 0.4) is 0 Å². The van der Waals surface area contributed by atoms with Gasteiger partial charge in [0.1, 0.15) is 5.82 Å². The van der Waals surface area contributed by atoms with Crippen molar-refractivity contribution in [2.24, 2.45) is 0 Å². The van der Waals surface area contributed by atoms with E-state index in [-0.39, 0.29) is 23.2 Å². The van der Waals surface area contributed by atoms with E-state index in [1.54, 1.807) is 6.92 Å². The van der Waals surface area contributed by atoms with Crippen molar-refractivity contribution in [1.82, 2.24) is 5.32 Å². The maximum absolute atomic E-state index is 13.6. The molecule has 4 heteroatoms. The summed E-state index contributed by atoms with van der Waals surface area (Å²) in [5.41, 5.74) is 7.73. The molecule has 0 radical (unpaired) electrons. The van der Waals surface area contributed by atoms with Crippen LogP contribution in [0.4, 0.5) is 10.1 Å². The Morgan fingerprint density at radius 1 is 1.29 bits per heavy atom.